The van der Waals surface area contributed by atoms with Crippen LogP contribution < -0.4 is 9.47 Å². The Morgan fingerprint density at radius 3 is 2.24 bits per heavy atom. The van der Waals surface area contributed by atoms with Crippen LogP contribution in [0.2, 0.25) is 5.28 Å². The molecule has 21 heavy (non-hydrogen) atoms. The molecule has 8 heteroatoms. The van der Waals surface area contributed by atoms with Gasteiger partial charge >= 0.3 is 6.18 Å². The number of ether oxygens (including phenoxy) is 2. The number of benzene rings is 1. The first-order valence-corrected chi connectivity index (χ1v) is 6.07. The second-order valence-electron chi connectivity index (χ2n) is 3.97. The predicted octanol–water partition coefficient (Wildman–Crippen LogP) is 3.83. The van der Waals surface area contributed by atoms with E-state index in [1.165, 1.54) is 20.3 Å². The van der Waals surface area contributed by atoms with Gasteiger partial charge in [0, 0.05) is 5.56 Å². The highest BCUT2D eigenvalue weighted by Crippen LogP contribution is 2.34. The van der Waals surface area contributed by atoms with Crippen LogP contribution in [0, 0.1) is 0 Å². The first-order valence-electron chi connectivity index (χ1n) is 5.69. The zero-order valence-corrected chi connectivity index (χ0v) is 11.8. The first kappa shape index (κ1) is 15.4. The lowest BCUT2D eigenvalue weighted by Crippen LogP contribution is -2.09. The predicted molar refractivity (Wildman–Crippen MR) is 70.6 cm³/mol. The minimum Gasteiger partial charge on any atom is -0.493 e. The normalized spacial score (nSPS) is 11.3. The molecular weight excluding hydrogens is 309 g/mol. The topological polar surface area (TPSA) is 44.2 Å². The maximum Gasteiger partial charge on any atom is 0.433 e. The fraction of sp³-hybridized carbons (Fsp3) is 0.231. The van der Waals surface area contributed by atoms with Gasteiger partial charge in [0.05, 0.1) is 19.9 Å². The SMILES string of the molecule is COc1ccc(-c2cc(C(F)(F)F)nc(Cl)n2)cc1OC. The average molecular weight is 319 g/mol. The Hall–Kier alpha value is -2.02. The molecule has 1 aromatic heterocycles. The molecule has 0 spiro atoms. The van der Waals surface area contributed by atoms with Gasteiger partial charge in [-0.2, -0.15) is 13.2 Å². The molecular formula is C13H10ClF3N2O2. The van der Waals surface area contributed by atoms with E-state index in [1.807, 2.05) is 0 Å². The number of aromatic nitrogens is 2. The van der Waals surface area contributed by atoms with Gasteiger partial charge in [-0.05, 0) is 35.9 Å². The third kappa shape index (κ3) is 3.36. The third-order valence-corrected chi connectivity index (χ3v) is 2.84. The van der Waals surface area contributed by atoms with Crippen molar-refractivity contribution in [2.45, 2.75) is 6.18 Å². The molecule has 112 valence electrons. The number of hydrogen-bond donors (Lipinski definition) is 0. The molecule has 0 aliphatic carbocycles. The van der Waals surface area contributed by atoms with E-state index in [-0.39, 0.29) is 5.69 Å². The Bertz CT molecular complexity index is 662. The number of alkyl halides is 3. The molecule has 0 amide bonds. The first-order chi connectivity index (χ1) is 9.85. The molecule has 0 aliphatic heterocycles. The molecule has 2 rings (SSSR count). The minimum atomic E-state index is -4.60. The quantitative estimate of drug-likeness (QED) is 0.807. The Labute approximate surface area is 123 Å². The van der Waals surface area contributed by atoms with Crippen LogP contribution in [0.4, 0.5) is 13.2 Å². The molecule has 0 unspecified atom stereocenters. The molecule has 0 radical (unpaired) electrons. The van der Waals surface area contributed by atoms with Gasteiger partial charge in [-0.25, -0.2) is 9.97 Å². The Morgan fingerprint density at radius 2 is 1.67 bits per heavy atom. The van der Waals surface area contributed by atoms with E-state index < -0.39 is 17.2 Å². The number of rotatable bonds is 3. The fourth-order valence-corrected chi connectivity index (χ4v) is 1.89. The summed E-state index contributed by atoms with van der Waals surface area (Å²) in [4.78, 5) is 6.99. The molecule has 0 bridgehead atoms. The lowest BCUT2D eigenvalue weighted by atomic mass is 10.1. The van der Waals surface area contributed by atoms with Crippen molar-refractivity contribution in [3.63, 3.8) is 0 Å². The molecule has 4 nitrogen and oxygen atoms in total. The lowest BCUT2D eigenvalue weighted by molar-refractivity contribution is -0.141. The summed E-state index contributed by atoms with van der Waals surface area (Å²) < 4.78 is 48.4. The molecule has 0 aliphatic rings. The maximum atomic E-state index is 12.7. The van der Waals surface area contributed by atoms with E-state index in [0.717, 1.165) is 6.07 Å². The van der Waals surface area contributed by atoms with Crippen molar-refractivity contribution in [1.82, 2.24) is 9.97 Å². The van der Waals surface area contributed by atoms with Gasteiger partial charge in [-0.1, -0.05) is 0 Å². The Kier molecular flexibility index (Phi) is 4.22. The molecule has 0 fully saturated rings. The Balaban J connectivity index is 2.54. The van der Waals surface area contributed by atoms with Gasteiger partial charge in [-0.3, -0.25) is 0 Å². The van der Waals surface area contributed by atoms with Crippen LogP contribution in [0.25, 0.3) is 11.3 Å². The molecule has 0 N–H and O–H groups in total. The van der Waals surface area contributed by atoms with E-state index in [1.54, 1.807) is 12.1 Å². The highest BCUT2D eigenvalue weighted by atomic mass is 35.5. The zero-order valence-electron chi connectivity index (χ0n) is 11.0. The van der Waals surface area contributed by atoms with Crippen LogP contribution >= 0.6 is 11.6 Å². The molecule has 0 saturated heterocycles. The van der Waals surface area contributed by atoms with Crippen molar-refractivity contribution in [2.24, 2.45) is 0 Å². The average Bonchev–Trinajstić information content (AvgIpc) is 2.45. The summed E-state index contributed by atoms with van der Waals surface area (Å²) in [6, 6.07) is 5.46. The zero-order chi connectivity index (χ0) is 15.6. The molecule has 0 atom stereocenters. The summed E-state index contributed by atoms with van der Waals surface area (Å²) in [5, 5.41) is -0.477. The third-order valence-electron chi connectivity index (χ3n) is 2.67. The van der Waals surface area contributed by atoms with E-state index in [2.05, 4.69) is 9.97 Å². The van der Waals surface area contributed by atoms with E-state index in [4.69, 9.17) is 21.1 Å². The van der Waals surface area contributed by atoms with Crippen LogP contribution in [0.1, 0.15) is 5.69 Å². The van der Waals surface area contributed by atoms with Crippen molar-refractivity contribution in [3.05, 3.63) is 35.2 Å². The molecule has 2 aromatic rings. The van der Waals surface area contributed by atoms with E-state index in [0.29, 0.717) is 17.1 Å². The van der Waals surface area contributed by atoms with Gasteiger partial charge < -0.3 is 9.47 Å². The summed E-state index contributed by atoms with van der Waals surface area (Å²) in [7, 11) is 2.89. The van der Waals surface area contributed by atoms with Gasteiger partial charge in [0.25, 0.3) is 0 Å². The van der Waals surface area contributed by atoms with Crippen molar-refractivity contribution in [2.75, 3.05) is 14.2 Å². The van der Waals surface area contributed by atoms with Crippen LogP contribution in [0.15, 0.2) is 24.3 Å². The number of halogens is 4. The van der Waals surface area contributed by atoms with Gasteiger partial charge in [0.1, 0.15) is 5.69 Å². The van der Waals surface area contributed by atoms with Crippen LogP contribution in [-0.2, 0) is 6.18 Å². The minimum absolute atomic E-state index is 0.0447. The highest BCUT2D eigenvalue weighted by molar-refractivity contribution is 6.28. The second-order valence-corrected chi connectivity index (χ2v) is 4.31. The highest BCUT2D eigenvalue weighted by Gasteiger charge is 2.33. The smallest absolute Gasteiger partial charge is 0.433 e. The van der Waals surface area contributed by atoms with Crippen molar-refractivity contribution in [1.29, 1.82) is 0 Å². The van der Waals surface area contributed by atoms with Gasteiger partial charge in [-0.15, -0.1) is 0 Å². The van der Waals surface area contributed by atoms with Crippen LogP contribution in [0.3, 0.4) is 0 Å². The van der Waals surface area contributed by atoms with Gasteiger partial charge in [0.15, 0.2) is 11.5 Å². The maximum absolute atomic E-state index is 12.7. The fourth-order valence-electron chi connectivity index (χ4n) is 1.71. The van der Waals surface area contributed by atoms with E-state index in [9.17, 15) is 13.2 Å². The molecule has 1 heterocycles. The van der Waals surface area contributed by atoms with Crippen molar-refractivity contribution < 1.29 is 22.6 Å². The van der Waals surface area contributed by atoms with E-state index >= 15 is 0 Å². The largest absolute Gasteiger partial charge is 0.493 e. The number of methoxy groups -OCH3 is 2. The lowest BCUT2D eigenvalue weighted by Gasteiger charge is -2.11. The second kappa shape index (κ2) is 5.77. The summed E-state index contributed by atoms with van der Waals surface area (Å²) in [5.74, 6) is 0.829. The summed E-state index contributed by atoms with van der Waals surface area (Å²) >= 11 is 5.56. The van der Waals surface area contributed by atoms with Gasteiger partial charge in [0.2, 0.25) is 5.28 Å². The van der Waals surface area contributed by atoms with Crippen molar-refractivity contribution in [3.8, 4) is 22.8 Å². The van der Waals surface area contributed by atoms with Crippen LogP contribution in [-0.4, -0.2) is 24.2 Å². The Morgan fingerprint density at radius 1 is 1.00 bits per heavy atom. The summed E-state index contributed by atoms with van der Waals surface area (Å²) in [6.07, 6.45) is -4.60. The number of hydrogen-bond acceptors (Lipinski definition) is 4. The molecule has 0 saturated carbocycles. The standard InChI is InChI=1S/C13H10ClF3N2O2/c1-20-9-4-3-7(5-10(9)21-2)8-6-11(13(15,16)17)19-12(14)18-8/h3-6H,1-2H3. The monoisotopic (exact) mass is 318 g/mol. The number of nitrogens with zero attached hydrogens (tertiary/aromatic N) is 2. The van der Waals surface area contributed by atoms with Crippen LogP contribution in [0.5, 0.6) is 11.5 Å². The summed E-state index contributed by atoms with van der Waals surface area (Å²) in [6.45, 7) is 0. The molecule has 1 aromatic carbocycles. The van der Waals surface area contributed by atoms with Crippen molar-refractivity contribution >= 4 is 11.6 Å². The summed E-state index contributed by atoms with van der Waals surface area (Å²) in [5.41, 5.74) is -0.655.